The van der Waals surface area contributed by atoms with Crippen molar-refractivity contribution < 1.29 is 18.0 Å². The van der Waals surface area contributed by atoms with Crippen molar-refractivity contribution in [3.63, 3.8) is 0 Å². The van der Waals surface area contributed by atoms with Crippen molar-refractivity contribution in [2.45, 2.75) is 55.9 Å². The summed E-state index contributed by atoms with van der Waals surface area (Å²) in [5.74, 6) is 0.219. The Balaban J connectivity index is 1.22. The monoisotopic (exact) mass is 540 g/mol. The number of carbonyl (C=O) groups excluding carboxylic acids is 2. The highest BCUT2D eigenvalue weighted by Gasteiger charge is 2.25. The summed E-state index contributed by atoms with van der Waals surface area (Å²) in [6.45, 7) is 3.99. The van der Waals surface area contributed by atoms with E-state index in [-0.39, 0.29) is 35.1 Å². The number of sulfone groups is 1. The number of hydrazine groups is 1. The van der Waals surface area contributed by atoms with Crippen LogP contribution in [0.3, 0.4) is 0 Å². The third kappa shape index (κ3) is 8.38. The quantitative estimate of drug-likeness (QED) is 0.481. The van der Waals surface area contributed by atoms with Gasteiger partial charge in [0.25, 0.3) is 0 Å². The third-order valence-corrected chi connectivity index (χ3v) is 8.73. The Morgan fingerprint density at radius 3 is 2.21 bits per heavy atom. The van der Waals surface area contributed by atoms with Gasteiger partial charge < -0.3 is 10.2 Å². The van der Waals surface area contributed by atoms with Gasteiger partial charge in [0.2, 0.25) is 11.8 Å². The summed E-state index contributed by atoms with van der Waals surface area (Å²) in [6, 6.07) is 16.7. The fraction of sp³-hybridized carbons (Fsp3) is 0.517. The second-order valence-electron chi connectivity index (χ2n) is 10.6. The zero-order valence-electron chi connectivity index (χ0n) is 22.3. The van der Waals surface area contributed by atoms with Gasteiger partial charge in [-0.2, -0.15) is 0 Å². The van der Waals surface area contributed by atoms with Crippen LogP contribution < -0.4 is 10.7 Å². The summed E-state index contributed by atoms with van der Waals surface area (Å²) in [4.78, 5) is 28.1. The summed E-state index contributed by atoms with van der Waals surface area (Å²) in [5.41, 5.74) is 4.90. The number of piperazine rings is 1. The molecule has 2 aliphatic rings. The molecule has 0 aromatic heterocycles. The van der Waals surface area contributed by atoms with Gasteiger partial charge in [-0.3, -0.25) is 15.0 Å². The van der Waals surface area contributed by atoms with Crippen LogP contribution >= 0.6 is 0 Å². The predicted molar refractivity (Wildman–Crippen MR) is 148 cm³/mol. The number of hydrogen-bond acceptors (Lipinski definition) is 6. The van der Waals surface area contributed by atoms with Crippen molar-refractivity contribution in [2.24, 2.45) is 5.92 Å². The van der Waals surface area contributed by atoms with E-state index in [0.717, 1.165) is 76.0 Å². The Morgan fingerprint density at radius 2 is 1.58 bits per heavy atom. The molecule has 1 aliphatic carbocycles. The third-order valence-electron chi connectivity index (χ3n) is 7.60. The average molecular weight is 541 g/mol. The normalized spacial score (nSPS) is 18.6. The van der Waals surface area contributed by atoms with E-state index in [0.29, 0.717) is 0 Å². The lowest BCUT2D eigenvalue weighted by atomic mass is 9.88. The van der Waals surface area contributed by atoms with Crippen molar-refractivity contribution in [3.8, 4) is 0 Å². The number of rotatable bonds is 10. The van der Waals surface area contributed by atoms with E-state index in [1.165, 1.54) is 24.8 Å². The molecule has 1 heterocycles. The highest BCUT2D eigenvalue weighted by atomic mass is 32.2. The van der Waals surface area contributed by atoms with Crippen LogP contribution in [-0.2, 0) is 25.8 Å². The summed E-state index contributed by atoms with van der Waals surface area (Å²) >= 11 is 0. The molecule has 2 fully saturated rings. The summed E-state index contributed by atoms with van der Waals surface area (Å²) in [6.07, 6.45) is 7.72. The van der Waals surface area contributed by atoms with Crippen LogP contribution in [0.5, 0.6) is 0 Å². The molecule has 2 amide bonds. The lowest BCUT2D eigenvalue weighted by molar-refractivity contribution is -0.127. The molecule has 0 spiro atoms. The van der Waals surface area contributed by atoms with Crippen LogP contribution in [0.15, 0.2) is 59.5 Å². The number of carbonyl (C=O) groups is 2. The molecular formula is C29H40N4O4S. The van der Waals surface area contributed by atoms with Crippen LogP contribution in [0.25, 0.3) is 0 Å². The van der Waals surface area contributed by atoms with E-state index < -0.39 is 9.84 Å². The molecule has 9 heteroatoms. The van der Waals surface area contributed by atoms with E-state index in [1.54, 1.807) is 12.1 Å². The number of nitrogens with zero attached hydrogens (tertiary/aromatic N) is 2. The summed E-state index contributed by atoms with van der Waals surface area (Å²) in [7, 11) is -3.25. The lowest BCUT2D eigenvalue weighted by Gasteiger charge is -2.35. The molecule has 4 rings (SSSR count). The predicted octanol–water partition coefficient (Wildman–Crippen LogP) is 3.11. The van der Waals surface area contributed by atoms with Gasteiger partial charge in [0.15, 0.2) is 9.84 Å². The van der Waals surface area contributed by atoms with Gasteiger partial charge in [-0.05, 0) is 42.5 Å². The van der Waals surface area contributed by atoms with E-state index >= 15 is 0 Å². The first-order valence-corrected chi connectivity index (χ1v) is 15.6. The van der Waals surface area contributed by atoms with Gasteiger partial charge in [-0.25, -0.2) is 13.4 Å². The Bertz CT molecular complexity index is 1160. The first-order chi connectivity index (χ1) is 18.3. The molecule has 2 aromatic carbocycles. The minimum Gasteiger partial charge on any atom is -0.349 e. The molecule has 2 aromatic rings. The van der Waals surface area contributed by atoms with Gasteiger partial charge in [0.1, 0.15) is 0 Å². The maximum Gasteiger partial charge on any atom is 0.238 e. The minimum absolute atomic E-state index is 0.00237. The van der Waals surface area contributed by atoms with Crippen LogP contribution in [0.1, 0.15) is 55.7 Å². The molecule has 1 atom stereocenters. The Morgan fingerprint density at radius 1 is 0.921 bits per heavy atom. The minimum atomic E-state index is -3.25. The smallest absolute Gasteiger partial charge is 0.238 e. The summed E-state index contributed by atoms with van der Waals surface area (Å²) < 4.78 is 23.2. The van der Waals surface area contributed by atoms with Gasteiger partial charge in [-0.15, -0.1) is 0 Å². The van der Waals surface area contributed by atoms with Gasteiger partial charge in [0.05, 0.1) is 17.4 Å². The largest absolute Gasteiger partial charge is 0.349 e. The van der Waals surface area contributed by atoms with Crippen molar-refractivity contribution >= 4 is 21.7 Å². The van der Waals surface area contributed by atoms with Crippen molar-refractivity contribution in [2.75, 3.05) is 39.0 Å². The highest BCUT2D eigenvalue weighted by molar-refractivity contribution is 7.90. The van der Waals surface area contributed by atoms with E-state index in [2.05, 4.69) is 27.8 Å². The summed E-state index contributed by atoms with van der Waals surface area (Å²) in [5, 5.41) is 5.29. The highest BCUT2D eigenvalue weighted by Crippen LogP contribution is 2.26. The van der Waals surface area contributed by atoms with Crippen molar-refractivity contribution in [3.05, 3.63) is 65.7 Å². The molecular weight excluding hydrogens is 500 g/mol. The maximum atomic E-state index is 13.0. The first kappa shape index (κ1) is 28.3. The lowest BCUT2D eigenvalue weighted by Crippen LogP contribution is -2.54. The fourth-order valence-electron chi connectivity index (χ4n) is 5.31. The number of hydrogen-bond donors (Lipinski definition) is 2. The maximum absolute atomic E-state index is 13.0. The molecule has 1 saturated heterocycles. The van der Waals surface area contributed by atoms with E-state index in [4.69, 9.17) is 0 Å². The van der Waals surface area contributed by atoms with Crippen LogP contribution in [-0.4, -0.2) is 69.1 Å². The standard InChI is InChI=1S/C29H40N4O4S/c1-38(36,37)26-14-12-23(13-15-26)22-28(34)31-33-20-18-32(19-21-33)17-16-27(24-8-4-2-5-9-24)30-29(35)25-10-6-3-7-11-25/h2,4-5,8-9,12-15,25,27H,3,6-7,10-11,16-22H2,1H3,(H,30,35)(H,31,34)/t27-/m0/s1. The Kier molecular flexibility index (Phi) is 9.93. The fourth-order valence-corrected chi connectivity index (χ4v) is 5.94. The molecule has 206 valence electrons. The number of benzene rings is 2. The number of nitrogens with one attached hydrogen (secondary N) is 2. The average Bonchev–Trinajstić information content (AvgIpc) is 2.92. The molecule has 0 unspecified atom stereocenters. The molecule has 1 aliphatic heterocycles. The topological polar surface area (TPSA) is 98.8 Å². The molecule has 1 saturated carbocycles. The zero-order chi connectivity index (χ0) is 27.0. The van der Waals surface area contributed by atoms with Crippen molar-refractivity contribution in [1.29, 1.82) is 0 Å². The van der Waals surface area contributed by atoms with Gasteiger partial charge >= 0.3 is 0 Å². The molecule has 2 N–H and O–H groups in total. The van der Waals surface area contributed by atoms with E-state index in [9.17, 15) is 18.0 Å². The Labute approximate surface area is 226 Å². The molecule has 8 nitrogen and oxygen atoms in total. The van der Waals surface area contributed by atoms with Crippen molar-refractivity contribution in [1.82, 2.24) is 20.7 Å². The van der Waals surface area contributed by atoms with Crippen LogP contribution in [0.4, 0.5) is 0 Å². The second kappa shape index (κ2) is 13.4. The molecule has 0 radical (unpaired) electrons. The molecule has 38 heavy (non-hydrogen) atoms. The Hall–Kier alpha value is -2.75. The SMILES string of the molecule is CS(=O)(=O)c1ccc(CC(=O)NN2CCN(CC[C@H](NC(=O)C3CCCCC3)c3ccccc3)CC2)cc1. The second-order valence-corrected chi connectivity index (χ2v) is 12.6. The molecule has 0 bridgehead atoms. The van der Waals surface area contributed by atoms with Crippen LogP contribution in [0.2, 0.25) is 0 Å². The van der Waals surface area contributed by atoms with Gasteiger partial charge in [0, 0.05) is 44.9 Å². The van der Waals surface area contributed by atoms with Crippen LogP contribution in [0, 0.1) is 5.92 Å². The van der Waals surface area contributed by atoms with E-state index in [1.807, 2.05) is 23.2 Å². The zero-order valence-corrected chi connectivity index (χ0v) is 23.1. The van der Waals surface area contributed by atoms with Gasteiger partial charge in [-0.1, -0.05) is 61.7 Å². The first-order valence-electron chi connectivity index (χ1n) is 13.7. The number of amides is 2.